The van der Waals surface area contributed by atoms with Crippen LogP contribution in [0.2, 0.25) is 0 Å². The molecule has 3 nitrogen and oxygen atoms in total. The minimum Gasteiger partial charge on any atom is -0.330 e. The zero-order valence-electron chi connectivity index (χ0n) is 13.7. The molecule has 24 heavy (non-hydrogen) atoms. The number of hydrogen-bond donors (Lipinski definition) is 2. The first-order chi connectivity index (χ1) is 11.3. The smallest absolute Gasteiger partial charge is 0.330 e. The minimum absolute atomic E-state index is 0.0658. The number of unbranched alkanes of at least 4 members (excludes halogenated alkanes) is 1. The Kier molecular flexibility index (Phi) is 6.04. The Morgan fingerprint density at radius 2 is 2.12 bits per heavy atom. The number of anilines is 1. The second-order valence-electron chi connectivity index (χ2n) is 6.15. The van der Waals surface area contributed by atoms with Crippen molar-refractivity contribution in [2.75, 3.05) is 11.9 Å². The van der Waals surface area contributed by atoms with Gasteiger partial charge in [0.25, 0.3) is 0 Å². The molecule has 1 atom stereocenters. The molecule has 1 aromatic carbocycles. The number of alkyl halides is 3. The van der Waals surface area contributed by atoms with E-state index in [2.05, 4.69) is 5.32 Å². The van der Waals surface area contributed by atoms with Crippen LogP contribution in [0, 0.1) is 5.92 Å². The van der Waals surface area contributed by atoms with Crippen molar-refractivity contribution in [3.63, 3.8) is 0 Å². The number of hydrogen-bond acceptors (Lipinski definition) is 2. The third-order valence-corrected chi connectivity index (χ3v) is 4.11. The van der Waals surface area contributed by atoms with Gasteiger partial charge in [-0.15, -0.1) is 0 Å². The first-order valence-electron chi connectivity index (χ1n) is 8.24. The van der Waals surface area contributed by atoms with Crippen LogP contribution in [0.15, 0.2) is 24.3 Å². The largest absolute Gasteiger partial charge is 0.393 e. The van der Waals surface area contributed by atoms with Crippen LogP contribution >= 0.6 is 0 Å². The lowest BCUT2D eigenvalue weighted by Gasteiger charge is -2.19. The molecule has 1 aliphatic rings. The summed E-state index contributed by atoms with van der Waals surface area (Å²) in [6, 6.07) is 4.55. The van der Waals surface area contributed by atoms with Crippen LogP contribution in [-0.2, 0) is 11.2 Å². The number of fused-ring (bicyclic) bond motifs is 1. The molecule has 1 unspecified atom stereocenters. The Morgan fingerprint density at radius 3 is 2.75 bits per heavy atom. The van der Waals surface area contributed by atoms with Gasteiger partial charge in [-0.2, -0.15) is 13.2 Å². The van der Waals surface area contributed by atoms with E-state index in [1.54, 1.807) is 12.1 Å². The second kappa shape index (κ2) is 7.83. The molecule has 1 aliphatic heterocycles. The number of allylic oxidation sites excluding steroid dienone is 2. The summed E-state index contributed by atoms with van der Waals surface area (Å²) < 4.78 is 38.1. The normalized spacial score (nSPS) is 19.8. The van der Waals surface area contributed by atoms with Crippen molar-refractivity contribution in [1.29, 1.82) is 0 Å². The summed E-state index contributed by atoms with van der Waals surface area (Å²) in [4.78, 5) is 12.1. The van der Waals surface area contributed by atoms with E-state index in [1.807, 2.05) is 13.0 Å². The van der Waals surface area contributed by atoms with Crippen molar-refractivity contribution in [3.05, 3.63) is 35.4 Å². The Hall–Kier alpha value is -1.82. The van der Waals surface area contributed by atoms with Gasteiger partial charge in [0.2, 0.25) is 5.91 Å². The van der Waals surface area contributed by atoms with E-state index in [4.69, 9.17) is 5.73 Å². The van der Waals surface area contributed by atoms with Gasteiger partial charge in [0.15, 0.2) is 0 Å². The van der Waals surface area contributed by atoms with Crippen LogP contribution in [0.3, 0.4) is 0 Å². The number of rotatable bonds is 5. The minimum atomic E-state index is -4.26. The molecular formula is C18H23F3N2O. The number of amides is 1. The summed E-state index contributed by atoms with van der Waals surface area (Å²) in [5.41, 5.74) is 8.07. The van der Waals surface area contributed by atoms with Crippen LogP contribution in [0.5, 0.6) is 0 Å². The van der Waals surface area contributed by atoms with Crippen molar-refractivity contribution in [3.8, 4) is 0 Å². The van der Waals surface area contributed by atoms with E-state index in [0.717, 1.165) is 18.4 Å². The van der Waals surface area contributed by atoms with Crippen LogP contribution in [0.4, 0.5) is 18.9 Å². The van der Waals surface area contributed by atoms with Gasteiger partial charge in [-0.1, -0.05) is 25.5 Å². The summed E-state index contributed by atoms with van der Waals surface area (Å²) >= 11 is 0. The first kappa shape index (κ1) is 18.5. The van der Waals surface area contributed by atoms with Gasteiger partial charge in [0.1, 0.15) is 0 Å². The maximum Gasteiger partial charge on any atom is 0.393 e. The lowest BCUT2D eigenvalue weighted by Crippen LogP contribution is -2.16. The molecule has 0 radical (unpaired) electrons. The highest BCUT2D eigenvalue weighted by atomic mass is 19.4. The average molecular weight is 340 g/mol. The summed E-state index contributed by atoms with van der Waals surface area (Å²) in [6.45, 7) is 2.47. The Morgan fingerprint density at radius 1 is 1.38 bits per heavy atom. The Labute approximate surface area is 140 Å². The SMILES string of the molecule is CCCC=C1c2cc(CC(F)(F)F)ccc2NC(=O)CC1CCN. The van der Waals surface area contributed by atoms with Crippen molar-refractivity contribution < 1.29 is 18.0 Å². The van der Waals surface area contributed by atoms with E-state index in [-0.39, 0.29) is 17.4 Å². The maximum absolute atomic E-state index is 12.7. The summed E-state index contributed by atoms with van der Waals surface area (Å²) in [6.07, 6.45) is -0.521. The Balaban J connectivity index is 2.49. The molecule has 2 rings (SSSR count). The highest BCUT2D eigenvalue weighted by Crippen LogP contribution is 2.38. The van der Waals surface area contributed by atoms with Crippen molar-refractivity contribution in [2.45, 2.75) is 45.2 Å². The van der Waals surface area contributed by atoms with Gasteiger partial charge >= 0.3 is 6.18 Å². The number of nitrogens with two attached hydrogens (primary N) is 1. The maximum atomic E-state index is 12.7. The lowest BCUT2D eigenvalue weighted by atomic mass is 9.86. The fraction of sp³-hybridized carbons (Fsp3) is 0.500. The third kappa shape index (κ3) is 4.84. The molecule has 0 saturated heterocycles. The van der Waals surface area contributed by atoms with Gasteiger partial charge in [-0.25, -0.2) is 0 Å². The van der Waals surface area contributed by atoms with Crippen molar-refractivity contribution in [2.24, 2.45) is 11.7 Å². The van der Waals surface area contributed by atoms with Crippen molar-refractivity contribution in [1.82, 2.24) is 0 Å². The van der Waals surface area contributed by atoms with E-state index < -0.39 is 12.6 Å². The molecular weight excluding hydrogens is 317 g/mol. The average Bonchev–Trinajstić information content (AvgIpc) is 2.60. The summed E-state index contributed by atoms with van der Waals surface area (Å²) in [5.74, 6) is -0.192. The number of benzene rings is 1. The lowest BCUT2D eigenvalue weighted by molar-refractivity contribution is -0.127. The highest BCUT2D eigenvalue weighted by molar-refractivity contribution is 5.98. The molecule has 0 bridgehead atoms. The van der Waals surface area contributed by atoms with Crippen molar-refractivity contribution >= 4 is 17.2 Å². The molecule has 0 spiro atoms. The molecule has 6 heteroatoms. The monoisotopic (exact) mass is 340 g/mol. The fourth-order valence-electron chi connectivity index (χ4n) is 3.07. The topological polar surface area (TPSA) is 55.1 Å². The predicted octanol–water partition coefficient (Wildman–Crippen LogP) is 4.28. The van der Waals surface area contributed by atoms with Gasteiger partial charge < -0.3 is 11.1 Å². The number of nitrogens with one attached hydrogen (secondary N) is 1. The van der Waals surface area contributed by atoms with Gasteiger partial charge in [0.05, 0.1) is 6.42 Å². The molecule has 0 saturated carbocycles. The number of carbonyl (C=O) groups is 1. The summed E-state index contributed by atoms with van der Waals surface area (Å²) in [5, 5.41) is 2.81. The first-order valence-corrected chi connectivity index (χ1v) is 8.24. The predicted molar refractivity (Wildman–Crippen MR) is 89.5 cm³/mol. The van der Waals surface area contributed by atoms with E-state index >= 15 is 0 Å². The van der Waals surface area contributed by atoms with E-state index in [1.165, 1.54) is 6.07 Å². The zero-order chi connectivity index (χ0) is 17.7. The molecule has 132 valence electrons. The molecule has 0 aliphatic carbocycles. The number of carbonyl (C=O) groups excluding carboxylic acids is 1. The van der Waals surface area contributed by atoms with Crippen LogP contribution in [0.25, 0.3) is 5.57 Å². The molecule has 1 amide bonds. The molecule has 1 aromatic rings. The van der Waals surface area contributed by atoms with Crippen LogP contribution in [0.1, 0.15) is 43.7 Å². The van der Waals surface area contributed by atoms with Gasteiger partial charge in [0, 0.05) is 17.7 Å². The molecule has 0 aromatic heterocycles. The van der Waals surface area contributed by atoms with Gasteiger partial charge in [-0.3, -0.25) is 4.79 Å². The Bertz CT molecular complexity index is 623. The van der Waals surface area contributed by atoms with Crippen LogP contribution in [-0.4, -0.2) is 18.6 Å². The highest BCUT2D eigenvalue weighted by Gasteiger charge is 2.30. The van der Waals surface area contributed by atoms with Gasteiger partial charge in [-0.05, 0) is 48.6 Å². The standard InChI is InChI=1S/C18H23F3N2O/c1-2-3-4-14-13(7-8-22)10-17(24)23-16-6-5-12(9-15(14)16)11-18(19,20)21/h4-6,9,13H,2-3,7-8,10-11,22H2,1H3,(H,23,24). The third-order valence-electron chi connectivity index (χ3n) is 4.11. The van der Waals surface area contributed by atoms with E-state index in [0.29, 0.717) is 30.6 Å². The quantitative estimate of drug-likeness (QED) is 0.840. The zero-order valence-corrected chi connectivity index (χ0v) is 13.7. The van der Waals surface area contributed by atoms with E-state index in [9.17, 15) is 18.0 Å². The molecule has 0 fully saturated rings. The molecule has 1 heterocycles. The fourth-order valence-corrected chi connectivity index (χ4v) is 3.07. The summed E-state index contributed by atoms with van der Waals surface area (Å²) in [7, 11) is 0. The second-order valence-corrected chi connectivity index (χ2v) is 6.15. The van der Waals surface area contributed by atoms with Crippen LogP contribution < -0.4 is 11.1 Å². The number of halogens is 3. The molecule has 3 N–H and O–H groups in total.